The zero-order valence-electron chi connectivity index (χ0n) is 16.8. The molecular weight excluding hydrogens is 429 g/mol. The Morgan fingerprint density at radius 3 is 2.70 bits per heavy atom. The Hall–Kier alpha value is -2.36. The average Bonchev–Trinajstić information content (AvgIpc) is 3.15. The Kier molecular flexibility index (Phi) is 8.30. The summed E-state index contributed by atoms with van der Waals surface area (Å²) in [6, 6.07) is 9.90. The second kappa shape index (κ2) is 11.1. The number of halogens is 2. The van der Waals surface area contributed by atoms with Crippen molar-refractivity contribution in [2.24, 2.45) is 7.05 Å². The van der Waals surface area contributed by atoms with Crippen molar-refractivity contribution in [3.8, 4) is 11.5 Å². The van der Waals surface area contributed by atoms with Gasteiger partial charge in [0, 0.05) is 19.3 Å². The molecule has 0 bridgehead atoms. The first-order valence-electron chi connectivity index (χ1n) is 9.36. The highest BCUT2D eigenvalue weighted by Gasteiger charge is 2.12. The second-order valence-corrected chi connectivity index (χ2v) is 7.96. The molecule has 0 aliphatic rings. The molecule has 0 atom stereocenters. The molecule has 0 radical (unpaired) electrons. The smallest absolute Gasteiger partial charge is 0.209 e. The third-order valence-corrected chi connectivity index (χ3v) is 5.60. The minimum absolute atomic E-state index is 0.270. The number of aromatic nitrogens is 4. The summed E-state index contributed by atoms with van der Waals surface area (Å²) >= 11 is 8.05. The Morgan fingerprint density at radius 2 is 2.00 bits per heavy atom. The summed E-state index contributed by atoms with van der Waals surface area (Å²) in [5.41, 5.74) is 1.84. The van der Waals surface area contributed by atoms with Gasteiger partial charge in [-0.2, -0.15) is 0 Å². The summed E-state index contributed by atoms with van der Waals surface area (Å²) in [5, 5.41) is 16.0. The summed E-state index contributed by atoms with van der Waals surface area (Å²) in [5.74, 6) is 1.67. The number of aryl methyl sites for hydroxylation is 1. The molecule has 1 heterocycles. The number of tetrazole rings is 1. The van der Waals surface area contributed by atoms with E-state index in [9.17, 15) is 4.39 Å². The van der Waals surface area contributed by atoms with Gasteiger partial charge in [0.05, 0.1) is 12.1 Å². The molecule has 0 aliphatic heterocycles. The van der Waals surface area contributed by atoms with Crippen molar-refractivity contribution >= 4 is 23.4 Å². The van der Waals surface area contributed by atoms with Gasteiger partial charge >= 0.3 is 0 Å². The van der Waals surface area contributed by atoms with Crippen LogP contribution in [0.15, 0.2) is 41.6 Å². The molecule has 0 spiro atoms. The van der Waals surface area contributed by atoms with Crippen molar-refractivity contribution in [3.05, 3.63) is 58.4 Å². The predicted octanol–water partition coefficient (Wildman–Crippen LogP) is 3.86. The van der Waals surface area contributed by atoms with Crippen LogP contribution < -0.4 is 14.8 Å². The number of nitrogens with zero attached hydrogens (tertiary/aromatic N) is 4. The standard InChI is InChI=1S/C20H23ClFN5O2S/c1-27-20(24-25-26-27)30-9-3-8-23-12-15-10-17(21)19(18(11-15)28-2)29-13-14-4-6-16(22)7-5-14/h4-7,10-11,23H,3,8-9,12-13H2,1-2H3. The molecule has 1 N–H and O–H groups in total. The maximum absolute atomic E-state index is 13.0. The minimum Gasteiger partial charge on any atom is -0.493 e. The first-order valence-corrected chi connectivity index (χ1v) is 10.7. The molecule has 1 aromatic heterocycles. The highest BCUT2D eigenvalue weighted by atomic mass is 35.5. The number of thioether (sulfide) groups is 1. The van der Waals surface area contributed by atoms with E-state index in [1.807, 2.05) is 19.2 Å². The van der Waals surface area contributed by atoms with E-state index in [4.69, 9.17) is 21.1 Å². The van der Waals surface area contributed by atoms with Crippen LogP contribution in [-0.2, 0) is 20.2 Å². The maximum Gasteiger partial charge on any atom is 0.209 e. The van der Waals surface area contributed by atoms with Crippen LogP contribution in [0.1, 0.15) is 17.5 Å². The van der Waals surface area contributed by atoms with Gasteiger partial charge in [0.2, 0.25) is 5.16 Å². The molecule has 3 aromatic rings. The monoisotopic (exact) mass is 451 g/mol. The van der Waals surface area contributed by atoms with Crippen LogP contribution >= 0.6 is 23.4 Å². The van der Waals surface area contributed by atoms with E-state index in [0.717, 1.165) is 35.0 Å². The maximum atomic E-state index is 13.0. The summed E-state index contributed by atoms with van der Waals surface area (Å²) in [6.45, 7) is 1.78. The van der Waals surface area contributed by atoms with E-state index in [1.54, 1.807) is 35.7 Å². The summed E-state index contributed by atoms with van der Waals surface area (Å²) in [7, 11) is 3.40. The zero-order chi connectivity index (χ0) is 21.3. The van der Waals surface area contributed by atoms with E-state index < -0.39 is 0 Å². The quantitative estimate of drug-likeness (QED) is 0.350. The number of methoxy groups -OCH3 is 1. The predicted molar refractivity (Wildman–Crippen MR) is 115 cm³/mol. The van der Waals surface area contributed by atoms with Gasteiger partial charge in [-0.15, -0.1) is 5.10 Å². The summed E-state index contributed by atoms with van der Waals surface area (Å²) in [6.07, 6.45) is 0.973. The van der Waals surface area contributed by atoms with Crippen molar-refractivity contribution in [1.29, 1.82) is 0 Å². The Morgan fingerprint density at radius 1 is 1.20 bits per heavy atom. The fourth-order valence-corrected chi connectivity index (χ4v) is 3.77. The molecule has 0 saturated carbocycles. The van der Waals surface area contributed by atoms with E-state index in [2.05, 4.69) is 20.8 Å². The largest absolute Gasteiger partial charge is 0.493 e. The number of rotatable bonds is 11. The number of hydrogen-bond donors (Lipinski definition) is 1. The highest BCUT2D eigenvalue weighted by Crippen LogP contribution is 2.37. The van der Waals surface area contributed by atoms with E-state index in [-0.39, 0.29) is 12.4 Å². The number of ether oxygens (including phenoxy) is 2. The van der Waals surface area contributed by atoms with Crippen LogP contribution in [0, 0.1) is 5.82 Å². The average molecular weight is 452 g/mol. The van der Waals surface area contributed by atoms with Crippen molar-refractivity contribution in [3.63, 3.8) is 0 Å². The van der Waals surface area contributed by atoms with E-state index in [1.165, 1.54) is 12.1 Å². The summed E-state index contributed by atoms with van der Waals surface area (Å²) < 4.78 is 26.0. The molecule has 30 heavy (non-hydrogen) atoms. The Labute approximate surface area is 183 Å². The lowest BCUT2D eigenvalue weighted by Crippen LogP contribution is -2.15. The third kappa shape index (κ3) is 6.32. The Balaban J connectivity index is 1.48. The SMILES string of the molecule is COc1cc(CNCCCSc2nnnn2C)cc(Cl)c1OCc1ccc(F)cc1. The van der Waals surface area contributed by atoms with E-state index in [0.29, 0.717) is 23.1 Å². The molecule has 7 nitrogen and oxygen atoms in total. The number of hydrogen-bond acceptors (Lipinski definition) is 7. The first kappa shape index (κ1) is 22.3. The van der Waals surface area contributed by atoms with Gasteiger partial charge in [0.1, 0.15) is 12.4 Å². The first-order chi connectivity index (χ1) is 14.6. The van der Waals surface area contributed by atoms with Gasteiger partial charge in [-0.3, -0.25) is 0 Å². The van der Waals surface area contributed by atoms with Gasteiger partial charge < -0.3 is 14.8 Å². The molecular formula is C20H23ClFN5O2S. The zero-order valence-corrected chi connectivity index (χ0v) is 18.3. The molecule has 0 aliphatic carbocycles. The highest BCUT2D eigenvalue weighted by molar-refractivity contribution is 7.99. The van der Waals surface area contributed by atoms with Crippen LogP contribution in [0.2, 0.25) is 5.02 Å². The van der Waals surface area contributed by atoms with Crippen LogP contribution in [0.5, 0.6) is 11.5 Å². The lowest BCUT2D eigenvalue weighted by atomic mass is 10.2. The molecule has 3 rings (SSSR count). The Bertz CT molecular complexity index is 955. The number of benzene rings is 2. The van der Waals surface area contributed by atoms with Gasteiger partial charge in [-0.25, -0.2) is 9.07 Å². The molecule has 0 amide bonds. The molecule has 160 valence electrons. The molecule has 0 fully saturated rings. The normalized spacial score (nSPS) is 10.9. The van der Waals surface area contributed by atoms with Crippen LogP contribution in [0.3, 0.4) is 0 Å². The molecule has 0 saturated heterocycles. The molecule has 10 heteroatoms. The fourth-order valence-electron chi connectivity index (χ4n) is 2.69. The fraction of sp³-hybridized carbons (Fsp3) is 0.350. The van der Waals surface area contributed by atoms with Crippen LogP contribution in [0.4, 0.5) is 4.39 Å². The van der Waals surface area contributed by atoms with Crippen molar-refractivity contribution < 1.29 is 13.9 Å². The van der Waals surface area contributed by atoms with Gasteiger partial charge in [0.25, 0.3) is 0 Å². The van der Waals surface area contributed by atoms with Crippen molar-refractivity contribution in [2.75, 3.05) is 19.4 Å². The van der Waals surface area contributed by atoms with Crippen LogP contribution in [0.25, 0.3) is 0 Å². The summed E-state index contributed by atoms with van der Waals surface area (Å²) in [4.78, 5) is 0. The topological polar surface area (TPSA) is 74.1 Å². The van der Waals surface area contributed by atoms with Crippen molar-refractivity contribution in [2.45, 2.75) is 24.7 Å². The second-order valence-electron chi connectivity index (χ2n) is 6.49. The van der Waals surface area contributed by atoms with Gasteiger partial charge in [-0.1, -0.05) is 35.5 Å². The minimum atomic E-state index is -0.282. The lowest BCUT2D eigenvalue weighted by molar-refractivity contribution is 0.284. The van der Waals surface area contributed by atoms with Gasteiger partial charge in [0.15, 0.2) is 11.5 Å². The lowest BCUT2D eigenvalue weighted by Gasteiger charge is -2.15. The number of nitrogens with one attached hydrogen (secondary N) is 1. The third-order valence-electron chi connectivity index (χ3n) is 4.23. The van der Waals surface area contributed by atoms with Crippen molar-refractivity contribution in [1.82, 2.24) is 25.5 Å². The van der Waals surface area contributed by atoms with E-state index >= 15 is 0 Å². The molecule has 0 unspecified atom stereocenters. The van der Waals surface area contributed by atoms with Gasteiger partial charge in [-0.05, 0) is 58.8 Å². The molecule has 2 aromatic carbocycles. The van der Waals surface area contributed by atoms with Crippen LogP contribution in [-0.4, -0.2) is 39.6 Å².